The van der Waals surface area contributed by atoms with Crippen molar-refractivity contribution in [3.63, 3.8) is 0 Å². The minimum atomic E-state index is -0.198. The number of carbonyl (C=O) groups excluding carboxylic acids is 2. The van der Waals surface area contributed by atoms with E-state index < -0.39 is 0 Å². The van der Waals surface area contributed by atoms with E-state index >= 15 is 0 Å². The number of amides is 2. The fourth-order valence-electron chi connectivity index (χ4n) is 1.54. The first-order chi connectivity index (χ1) is 8.24. The van der Waals surface area contributed by atoms with Gasteiger partial charge in [0, 0.05) is 37.6 Å². The molecular weight excluding hydrogens is 240 g/mol. The van der Waals surface area contributed by atoms with Gasteiger partial charge in [0.2, 0.25) is 0 Å². The Hall–Kier alpha value is -0.910. The SMILES string of the molecule is CCOC(=O)CCCNC(=O)N1CCSCC1. The van der Waals surface area contributed by atoms with Crippen LogP contribution < -0.4 is 5.32 Å². The predicted octanol–water partition coefficient (Wildman–Crippen LogP) is 1.09. The average molecular weight is 260 g/mol. The monoisotopic (exact) mass is 260 g/mol. The molecule has 0 saturated carbocycles. The van der Waals surface area contributed by atoms with Crippen LogP contribution in [-0.4, -0.2) is 54.6 Å². The van der Waals surface area contributed by atoms with E-state index in [0.29, 0.717) is 26.0 Å². The highest BCUT2D eigenvalue weighted by atomic mass is 32.2. The third-order valence-electron chi connectivity index (χ3n) is 2.44. The normalized spacial score (nSPS) is 15.5. The number of nitrogens with zero attached hydrogens (tertiary/aromatic N) is 1. The second kappa shape index (κ2) is 8.22. The number of carbonyl (C=O) groups is 2. The summed E-state index contributed by atoms with van der Waals surface area (Å²) in [6.07, 6.45) is 0.997. The van der Waals surface area contributed by atoms with Crippen molar-refractivity contribution in [2.75, 3.05) is 37.7 Å². The van der Waals surface area contributed by atoms with Crippen molar-refractivity contribution in [1.29, 1.82) is 0 Å². The lowest BCUT2D eigenvalue weighted by molar-refractivity contribution is -0.143. The lowest BCUT2D eigenvalue weighted by atomic mass is 10.3. The molecule has 5 nitrogen and oxygen atoms in total. The minimum absolute atomic E-state index is 0.0193. The highest BCUT2D eigenvalue weighted by molar-refractivity contribution is 7.99. The van der Waals surface area contributed by atoms with Crippen LogP contribution >= 0.6 is 11.8 Å². The largest absolute Gasteiger partial charge is 0.466 e. The Morgan fingerprint density at radius 2 is 2.06 bits per heavy atom. The fraction of sp³-hybridized carbons (Fsp3) is 0.818. The molecular formula is C11H20N2O3S. The molecule has 0 unspecified atom stereocenters. The standard InChI is InChI=1S/C11H20N2O3S/c1-2-16-10(14)4-3-5-12-11(15)13-6-8-17-9-7-13/h2-9H2,1H3,(H,12,15). The molecule has 98 valence electrons. The van der Waals surface area contributed by atoms with Crippen LogP contribution in [0.5, 0.6) is 0 Å². The Labute approximate surface area is 106 Å². The van der Waals surface area contributed by atoms with Crippen LogP contribution in [0.2, 0.25) is 0 Å². The minimum Gasteiger partial charge on any atom is -0.466 e. The highest BCUT2D eigenvalue weighted by Gasteiger charge is 2.15. The van der Waals surface area contributed by atoms with Gasteiger partial charge in [0.25, 0.3) is 0 Å². The number of hydrogen-bond donors (Lipinski definition) is 1. The maximum atomic E-state index is 11.7. The van der Waals surface area contributed by atoms with Crippen LogP contribution in [0.3, 0.4) is 0 Å². The maximum Gasteiger partial charge on any atom is 0.317 e. The van der Waals surface area contributed by atoms with Crippen LogP contribution in [0.25, 0.3) is 0 Å². The van der Waals surface area contributed by atoms with Gasteiger partial charge in [-0.1, -0.05) is 0 Å². The lowest BCUT2D eigenvalue weighted by Gasteiger charge is -2.26. The number of urea groups is 1. The molecule has 1 fully saturated rings. The summed E-state index contributed by atoms with van der Waals surface area (Å²) in [6, 6.07) is -0.0193. The Balaban J connectivity index is 2.05. The van der Waals surface area contributed by atoms with Crippen molar-refractivity contribution in [3.05, 3.63) is 0 Å². The molecule has 6 heteroatoms. The van der Waals surface area contributed by atoms with Gasteiger partial charge in [-0.15, -0.1) is 0 Å². The molecule has 17 heavy (non-hydrogen) atoms. The molecule has 0 atom stereocenters. The molecule has 0 aromatic heterocycles. The molecule has 1 aliphatic rings. The van der Waals surface area contributed by atoms with Crippen LogP contribution in [-0.2, 0) is 9.53 Å². The molecule has 1 aliphatic heterocycles. The van der Waals surface area contributed by atoms with Gasteiger partial charge in [-0.2, -0.15) is 11.8 Å². The third-order valence-corrected chi connectivity index (χ3v) is 3.38. The first kappa shape index (κ1) is 14.2. The lowest BCUT2D eigenvalue weighted by Crippen LogP contribution is -2.44. The van der Waals surface area contributed by atoms with Gasteiger partial charge < -0.3 is 15.0 Å². The van der Waals surface area contributed by atoms with Crippen LogP contribution in [0.4, 0.5) is 4.79 Å². The molecule has 0 spiro atoms. The van der Waals surface area contributed by atoms with Gasteiger partial charge in [-0.05, 0) is 13.3 Å². The zero-order valence-electron chi connectivity index (χ0n) is 10.2. The van der Waals surface area contributed by atoms with E-state index in [-0.39, 0.29) is 12.0 Å². The van der Waals surface area contributed by atoms with E-state index in [1.54, 1.807) is 6.92 Å². The van der Waals surface area contributed by atoms with Gasteiger partial charge in [-0.3, -0.25) is 4.79 Å². The number of nitrogens with one attached hydrogen (secondary N) is 1. The van der Waals surface area contributed by atoms with Crippen LogP contribution in [0.1, 0.15) is 19.8 Å². The summed E-state index contributed by atoms with van der Waals surface area (Å²) in [5.74, 6) is 1.82. The fourth-order valence-corrected chi connectivity index (χ4v) is 2.44. The number of ether oxygens (including phenoxy) is 1. The van der Waals surface area contributed by atoms with E-state index in [4.69, 9.17) is 4.74 Å². The summed E-state index contributed by atoms with van der Waals surface area (Å²) in [4.78, 5) is 24.5. The Bertz CT molecular complexity index is 255. The summed E-state index contributed by atoms with van der Waals surface area (Å²) >= 11 is 1.87. The Morgan fingerprint density at radius 1 is 1.35 bits per heavy atom. The van der Waals surface area contributed by atoms with E-state index in [0.717, 1.165) is 24.6 Å². The second-order valence-electron chi connectivity index (χ2n) is 3.74. The first-order valence-corrected chi connectivity index (χ1v) is 7.15. The van der Waals surface area contributed by atoms with Gasteiger partial charge in [-0.25, -0.2) is 4.79 Å². The van der Waals surface area contributed by atoms with Crippen molar-refractivity contribution < 1.29 is 14.3 Å². The molecule has 0 aliphatic carbocycles. The predicted molar refractivity (Wildman–Crippen MR) is 68.2 cm³/mol. The van der Waals surface area contributed by atoms with E-state index in [9.17, 15) is 9.59 Å². The number of thioether (sulfide) groups is 1. The summed E-state index contributed by atoms with van der Waals surface area (Å²) in [7, 11) is 0. The molecule has 1 heterocycles. The summed E-state index contributed by atoms with van der Waals surface area (Å²) in [5.41, 5.74) is 0. The smallest absolute Gasteiger partial charge is 0.317 e. The molecule has 0 aromatic rings. The van der Waals surface area contributed by atoms with Gasteiger partial charge in [0.15, 0.2) is 0 Å². The van der Waals surface area contributed by atoms with E-state index in [1.807, 2.05) is 16.7 Å². The average Bonchev–Trinajstić information content (AvgIpc) is 2.36. The van der Waals surface area contributed by atoms with Gasteiger partial charge in [0.05, 0.1) is 6.61 Å². The van der Waals surface area contributed by atoms with Crippen molar-refractivity contribution in [2.45, 2.75) is 19.8 Å². The summed E-state index contributed by atoms with van der Waals surface area (Å²) in [6.45, 7) is 4.36. The Morgan fingerprint density at radius 3 is 2.71 bits per heavy atom. The van der Waals surface area contributed by atoms with Crippen LogP contribution in [0.15, 0.2) is 0 Å². The molecule has 0 bridgehead atoms. The van der Waals surface area contributed by atoms with Gasteiger partial charge >= 0.3 is 12.0 Å². The second-order valence-corrected chi connectivity index (χ2v) is 4.96. The number of rotatable bonds is 5. The van der Waals surface area contributed by atoms with Crippen molar-refractivity contribution in [2.24, 2.45) is 0 Å². The molecule has 0 aromatic carbocycles. The number of esters is 1. The third kappa shape index (κ3) is 5.81. The zero-order chi connectivity index (χ0) is 12.5. The quantitative estimate of drug-likeness (QED) is 0.594. The highest BCUT2D eigenvalue weighted by Crippen LogP contribution is 2.08. The topological polar surface area (TPSA) is 58.6 Å². The van der Waals surface area contributed by atoms with Crippen LogP contribution in [0, 0.1) is 0 Å². The zero-order valence-corrected chi connectivity index (χ0v) is 11.1. The molecule has 1 N–H and O–H groups in total. The Kier molecular flexibility index (Phi) is 6.84. The van der Waals surface area contributed by atoms with Crippen molar-refractivity contribution in [1.82, 2.24) is 10.2 Å². The molecule has 1 rings (SSSR count). The van der Waals surface area contributed by atoms with Crippen molar-refractivity contribution in [3.8, 4) is 0 Å². The number of hydrogen-bond acceptors (Lipinski definition) is 4. The van der Waals surface area contributed by atoms with E-state index in [2.05, 4.69) is 5.32 Å². The van der Waals surface area contributed by atoms with Crippen molar-refractivity contribution >= 4 is 23.8 Å². The molecule has 2 amide bonds. The van der Waals surface area contributed by atoms with Gasteiger partial charge in [0.1, 0.15) is 0 Å². The first-order valence-electron chi connectivity index (χ1n) is 6.00. The summed E-state index contributed by atoms with van der Waals surface area (Å²) < 4.78 is 4.80. The van der Waals surface area contributed by atoms with E-state index in [1.165, 1.54) is 0 Å². The molecule has 0 radical (unpaired) electrons. The molecule has 1 saturated heterocycles. The summed E-state index contributed by atoms with van der Waals surface area (Å²) in [5, 5.41) is 2.82. The maximum absolute atomic E-state index is 11.7.